The van der Waals surface area contributed by atoms with Crippen molar-refractivity contribution in [3.05, 3.63) is 77.4 Å². The van der Waals surface area contributed by atoms with Gasteiger partial charge in [-0.05, 0) is 23.1 Å². The van der Waals surface area contributed by atoms with E-state index in [1.807, 2.05) is 42.5 Å². The molecule has 7 rings (SSSR count). The van der Waals surface area contributed by atoms with Gasteiger partial charge >= 0.3 is 0 Å². The van der Waals surface area contributed by atoms with Gasteiger partial charge in [0, 0.05) is 23.3 Å². The molecule has 1 saturated carbocycles. The zero-order chi connectivity index (χ0) is 20.6. The van der Waals surface area contributed by atoms with Crippen LogP contribution < -0.4 is 4.74 Å². The first-order valence-corrected chi connectivity index (χ1v) is 10.4. The maximum absolute atomic E-state index is 11.3. The molecule has 5 aliphatic rings. The van der Waals surface area contributed by atoms with Gasteiger partial charge in [0.2, 0.25) is 0 Å². The summed E-state index contributed by atoms with van der Waals surface area (Å²) in [5.41, 5.74) is 2.33. The molecule has 6 nitrogen and oxygen atoms in total. The number of aliphatic hydroxyl groups excluding tert-OH is 3. The zero-order valence-electron chi connectivity index (χ0n) is 16.2. The fourth-order valence-electron chi connectivity index (χ4n) is 6.14. The summed E-state index contributed by atoms with van der Waals surface area (Å²) in [5.74, 6) is -2.17. The van der Waals surface area contributed by atoms with Crippen LogP contribution in [0.15, 0.2) is 66.2 Å². The van der Waals surface area contributed by atoms with Crippen LogP contribution in [0.5, 0.6) is 5.75 Å². The fourth-order valence-corrected chi connectivity index (χ4v) is 6.14. The predicted octanol–water partition coefficient (Wildman–Crippen LogP) is 1.51. The average Bonchev–Trinajstić information content (AvgIpc) is 3.10. The fraction of sp³-hybridized carbons (Fsp3) is 0.417. The van der Waals surface area contributed by atoms with Gasteiger partial charge in [-0.3, -0.25) is 0 Å². The van der Waals surface area contributed by atoms with Gasteiger partial charge in [-0.25, -0.2) is 0 Å². The second-order valence-corrected chi connectivity index (χ2v) is 8.84. The van der Waals surface area contributed by atoms with Crippen LogP contribution in [0.25, 0.3) is 0 Å². The molecule has 3 aliphatic carbocycles. The highest BCUT2D eigenvalue weighted by atomic mass is 16.6. The van der Waals surface area contributed by atoms with E-state index in [-0.39, 0.29) is 17.8 Å². The number of ether oxygens (including phenoxy) is 2. The summed E-state index contributed by atoms with van der Waals surface area (Å²) in [4.78, 5) is 0. The Labute approximate surface area is 174 Å². The van der Waals surface area contributed by atoms with E-state index in [2.05, 4.69) is 0 Å². The van der Waals surface area contributed by atoms with E-state index >= 15 is 0 Å². The number of rotatable bonds is 2. The molecule has 1 saturated heterocycles. The second kappa shape index (κ2) is 6.39. The molecule has 30 heavy (non-hydrogen) atoms. The maximum atomic E-state index is 11.3. The molecule has 6 heteroatoms. The van der Waals surface area contributed by atoms with Gasteiger partial charge < -0.3 is 29.9 Å². The SMILES string of the molecule is OC1c2ccccc2OC(C2=CC3C(O)C4(O)OCC(C24)[C@@H]3c2ccccc2)C1O. The Hall–Kier alpha value is -2.22. The van der Waals surface area contributed by atoms with Crippen LogP contribution in [0.3, 0.4) is 0 Å². The third-order valence-corrected chi connectivity index (χ3v) is 7.43. The molecule has 2 fully saturated rings. The van der Waals surface area contributed by atoms with Crippen molar-refractivity contribution < 1.29 is 29.9 Å². The summed E-state index contributed by atoms with van der Waals surface area (Å²) in [5, 5.41) is 43.9. The van der Waals surface area contributed by atoms with Crippen molar-refractivity contribution in [3.63, 3.8) is 0 Å². The maximum Gasteiger partial charge on any atom is 0.199 e. The molecule has 2 heterocycles. The molecule has 156 valence electrons. The van der Waals surface area contributed by atoms with Gasteiger partial charge in [-0.1, -0.05) is 54.6 Å². The first-order chi connectivity index (χ1) is 14.5. The van der Waals surface area contributed by atoms with E-state index in [0.717, 1.165) is 5.56 Å². The Kier molecular flexibility index (Phi) is 3.95. The van der Waals surface area contributed by atoms with Crippen LogP contribution in [-0.2, 0) is 4.74 Å². The van der Waals surface area contributed by atoms with E-state index in [0.29, 0.717) is 23.5 Å². The molecule has 2 aliphatic heterocycles. The van der Waals surface area contributed by atoms with Crippen molar-refractivity contribution in [1.29, 1.82) is 0 Å². The lowest BCUT2D eigenvalue weighted by atomic mass is 9.54. The largest absolute Gasteiger partial charge is 0.483 e. The van der Waals surface area contributed by atoms with Crippen molar-refractivity contribution in [2.75, 3.05) is 6.61 Å². The molecule has 0 radical (unpaired) electrons. The second-order valence-electron chi connectivity index (χ2n) is 8.84. The van der Waals surface area contributed by atoms with Crippen molar-refractivity contribution in [2.45, 2.75) is 36.1 Å². The lowest BCUT2D eigenvalue weighted by molar-refractivity contribution is -0.268. The standard InChI is InChI=1S/C24H24O6/c25-20-13-8-4-5-9-17(13)30-22(21(20)26)15-10-14-18(12-6-2-1-3-7-12)16-11-29-24(28,19(15)16)23(14)27/h1-10,14,16,18-23,25-28H,11H2/t14?,16?,18-,19?,20?,21?,22?,23?,24?/m1/s1. The number of aliphatic hydroxyl groups is 4. The van der Waals surface area contributed by atoms with Gasteiger partial charge in [-0.2, -0.15) is 0 Å². The van der Waals surface area contributed by atoms with Crippen LogP contribution in [-0.4, -0.2) is 51.1 Å². The number of fused-ring (bicyclic) bond motifs is 1. The Morgan fingerprint density at radius 1 is 0.933 bits per heavy atom. The van der Waals surface area contributed by atoms with Crippen molar-refractivity contribution >= 4 is 0 Å². The number of hydrogen-bond acceptors (Lipinski definition) is 6. The minimum absolute atomic E-state index is 0.00401. The smallest absolute Gasteiger partial charge is 0.199 e. The monoisotopic (exact) mass is 408 g/mol. The molecule has 4 bridgehead atoms. The Morgan fingerprint density at radius 3 is 2.47 bits per heavy atom. The summed E-state index contributed by atoms with van der Waals surface area (Å²) < 4.78 is 11.9. The van der Waals surface area contributed by atoms with Crippen LogP contribution in [0.2, 0.25) is 0 Å². The highest BCUT2D eigenvalue weighted by Gasteiger charge is 2.68. The van der Waals surface area contributed by atoms with Crippen molar-refractivity contribution in [2.24, 2.45) is 17.8 Å². The van der Waals surface area contributed by atoms with E-state index in [1.165, 1.54) is 0 Å². The quantitative estimate of drug-likeness (QED) is 0.563. The summed E-state index contributed by atoms with van der Waals surface area (Å²) in [7, 11) is 0. The molecule has 9 atom stereocenters. The average molecular weight is 408 g/mol. The van der Waals surface area contributed by atoms with E-state index in [4.69, 9.17) is 9.47 Å². The molecule has 0 amide bonds. The summed E-state index contributed by atoms with van der Waals surface area (Å²) >= 11 is 0. The molecular weight excluding hydrogens is 384 g/mol. The van der Waals surface area contributed by atoms with Crippen LogP contribution in [0.1, 0.15) is 23.1 Å². The molecule has 4 N–H and O–H groups in total. The highest BCUT2D eigenvalue weighted by molar-refractivity contribution is 5.43. The first kappa shape index (κ1) is 18.5. The third-order valence-electron chi connectivity index (χ3n) is 7.43. The number of para-hydroxylation sites is 1. The molecule has 0 aromatic heterocycles. The van der Waals surface area contributed by atoms with Gasteiger partial charge in [0.1, 0.15) is 30.2 Å². The van der Waals surface area contributed by atoms with E-state index in [9.17, 15) is 20.4 Å². The van der Waals surface area contributed by atoms with E-state index in [1.54, 1.807) is 18.2 Å². The summed E-state index contributed by atoms with van der Waals surface area (Å²) in [6, 6.07) is 17.1. The third kappa shape index (κ3) is 2.31. The van der Waals surface area contributed by atoms with Crippen LogP contribution >= 0.6 is 0 Å². The summed E-state index contributed by atoms with van der Waals surface area (Å²) in [6.45, 7) is 0.313. The molecule has 0 spiro atoms. The van der Waals surface area contributed by atoms with Gasteiger partial charge in [0.05, 0.1) is 6.61 Å². The van der Waals surface area contributed by atoms with E-state index < -0.39 is 36.1 Å². The van der Waals surface area contributed by atoms with Gasteiger partial charge in [0.25, 0.3) is 0 Å². The molecule has 2 aromatic rings. The predicted molar refractivity (Wildman–Crippen MR) is 106 cm³/mol. The molecule has 2 aromatic carbocycles. The van der Waals surface area contributed by atoms with Crippen LogP contribution in [0, 0.1) is 17.8 Å². The highest BCUT2D eigenvalue weighted by Crippen LogP contribution is 2.62. The summed E-state index contributed by atoms with van der Waals surface area (Å²) in [6.07, 6.45) is -2.23. The minimum atomic E-state index is -1.71. The van der Waals surface area contributed by atoms with Crippen LogP contribution in [0.4, 0.5) is 0 Å². The van der Waals surface area contributed by atoms with Gasteiger partial charge in [-0.15, -0.1) is 0 Å². The molecular formula is C24H24O6. The zero-order valence-corrected chi connectivity index (χ0v) is 16.2. The molecule has 8 unspecified atom stereocenters. The lowest BCUT2D eigenvalue weighted by Gasteiger charge is -2.54. The Morgan fingerprint density at radius 2 is 1.67 bits per heavy atom. The lowest BCUT2D eigenvalue weighted by Crippen LogP contribution is -2.62. The van der Waals surface area contributed by atoms with Crippen molar-refractivity contribution in [3.8, 4) is 5.75 Å². The minimum Gasteiger partial charge on any atom is -0.483 e. The van der Waals surface area contributed by atoms with Gasteiger partial charge in [0.15, 0.2) is 5.79 Å². The Balaban J connectivity index is 1.45. The Bertz CT molecular complexity index is 1010. The van der Waals surface area contributed by atoms with Crippen molar-refractivity contribution in [1.82, 2.24) is 0 Å². The number of benzene rings is 2. The topological polar surface area (TPSA) is 99.4 Å². The first-order valence-electron chi connectivity index (χ1n) is 10.4. The normalized spacial score (nSPS) is 43.7. The number of hydrogen-bond donors (Lipinski definition) is 4.